The van der Waals surface area contributed by atoms with Gasteiger partial charge < -0.3 is 21.1 Å². The number of hydrogen-bond acceptors (Lipinski definition) is 9. The molecule has 10 nitrogen and oxygen atoms in total. The Morgan fingerprint density at radius 3 is 2.28 bits per heavy atom. The first kappa shape index (κ1) is 41.4. The number of aliphatic hydroxyl groups is 1. The van der Waals surface area contributed by atoms with Crippen LogP contribution in [0.2, 0.25) is 0 Å². The fraction of sp³-hybridized carbons (Fsp3) is 0.543. The third-order valence-electron chi connectivity index (χ3n) is 8.54. The standard InChI is InChI=1S/C35H48F2N4O6S3/c1-4-8-28(9-5-2)50(46,47)22-30(39-32(43)12-13-41-33(44)21-49-35(41)48)34(45)40(19-24-11-7-10-23(6-3)14-24)20-31(42)29(38)17-25-15-26(36)18-27(37)16-25/h7,10-11,14-16,18,28-31,42H,4-6,8-9,12-13,17,19-22,38H2,1-3H3,(H,39,43)/t29-,30?,31+/m0/s1. The van der Waals surface area contributed by atoms with Crippen molar-refractivity contribution in [1.29, 1.82) is 0 Å². The van der Waals surface area contributed by atoms with Gasteiger partial charge in [0.15, 0.2) is 9.84 Å². The molecule has 1 saturated heterocycles. The molecule has 50 heavy (non-hydrogen) atoms. The van der Waals surface area contributed by atoms with E-state index in [1.165, 1.54) is 21.6 Å². The van der Waals surface area contributed by atoms with Gasteiger partial charge in [0.2, 0.25) is 17.7 Å². The quantitative estimate of drug-likeness (QED) is 0.171. The van der Waals surface area contributed by atoms with Crippen molar-refractivity contribution in [3.63, 3.8) is 0 Å². The summed E-state index contributed by atoms with van der Waals surface area (Å²) in [7, 11) is -3.90. The molecule has 0 aromatic heterocycles. The van der Waals surface area contributed by atoms with Gasteiger partial charge in [-0.2, -0.15) is 0 Å². The van der Waals surface area contributed by atoms with Crippen LogP contribution in [-0.2, 0) is 43.6 Å². The number of nitrogens with zero attached hydrogens (tertiary/aromatic N) is 2. The van der Waals surface area contributed by atoms with Crippen molar-refractivity contribution in [3.8, 4) is 0 Å². The lowest BCUT2D eigenvalue weighted by Crippen LogP contribution is -2.55. The molecule has 1 heterocycles. The van der Waals surface area contributed by atoms with E-state index in [2.05, 4.69) is 5.32 Å². The van der Waals surface area contributed by atoms with Crippen molar-refractivity contribution in [3.05, 3.63) is 70.8 Å². The molecule has 1 aliphatic rings. The molecule has 1 fully saturated rings. The zero-order valence-corrected chi connectivity index (χ0v) is 31.2. The van der Waals surface area contributed by atoms with E-state index < -0.39 is 62.5 Å². The molecule has 15 heteroatoms. The van der Waals surface area contributed by atoms with Gasteiger partial charge in [0.1, 0.15) is 22.0 Å². The number of thiocarbonyl (C=S) groups is 1. The molecule has 1 aliphatic heterocycles. The molecule has 4 N–H and O–H groups in total. The number of benzene rings is 2. The van der Waals surface area contributed by atoms with Crippen LogP contribution < -0.4 is 11.1 Å². The third kappa shape index (κ3) is 12.4. The predicted molar refractivity (Wildman–Crippen MR) is 196 cm³/mol. The SMILES string of the molecule is CCCC(CCC)S(=O)(=O)CC(NC(=O)CCN1C(=O)CSC1=S)C(=O)N(Cc1cccc(CC)c1)C[C@@H](O)[C@@H](N)Cc1cc(F)cc(F)c1. The highest BCUT2D eigenvalue weighted by Crippen LogP contribution is 2.21. The molecule has 0 saturated carbocycles. The number of thioether (sulfide) groups is 1. The van der Waals surface area contributed by atoms with E-state index in [1.54, 1.807) is 6.07 Å². The molecule has 0 radical (unpaired) electrons. The lowest BCUT2D eigenvalue weighted by molar-refractivity contribution is -0.138. The molecule has 3 rings (SSSR count). The minimum absolute atomic E-state index is 0.0276. The summed E-state index contributed by atoms with van der Waals surface area (Å²) in [5, 5.41) is 13.1. The van der Waals surface area contributed by atoms with E-state index in [-0.39, 0.29) is 49.7 Å². The Hall–Kier alpha value is -2.98. The van der Waals surface area contributed by atoms with E-state index in [0.29, 0.717) is 42.0 Å². The maximum atomic E-state index is 14.4. The summed E-state index contributed by atoms with van der Waals surface area (Å²) in [6.07, 6.45) is 0.987. The van der Waals surface area contributed by atoms with Crippen LogP contribution in [-0.4, -0.2) is 93.4 Å². The Balaban J connectivity index is 1.94. The number of carbonyl (C=O) groups excluding carboxylic acids is 3. The lowest BCUT2D eigenvalue weighted by Gasteiger charge is -2.32. The van der Waals surface area contributed by atoms with Gasteiger partial charge in [-0.1, -0.05) is 81.9 Å². The summed E-state index contributed by atoms with van der Waals surface area (Å²) in [4.78, 5) is 42.5. The van der Waals surface area contributed by atoms with Crippen molar-refractivity contribution in [2.24, 2.45) is 5.73 Å². The van der Waals surface area contributed by atoms with Crippen LogP contribution in [0.5, 0.6) is 0 Å². The number of hydrogen-bond donors (Lipinski definition) is 3. The summed E-state index contributed by atoms with van der Waals surface area (Å²) in [6, 6.07) is 7.79. The van der Waals surface area contributed by atoms with E-state index in [0.717, 1.165) is 23.8 Å². The highest BCUT2D eigenvalue weighted by atomic mass is 32.2. The number of halogens is 2. The second kappa shape index (κ2) is 19.6. The topological polar surface area (TPSA) is 150 Å². The van der Waals surface area contributed by atoms with Crippen LogP contribution in [0.1, 0.15) is 69.6 Å². The zero-order chi connectivity index (χ0) is 37.0. The number of nitrogens with one attached hydrogen (secondary N) is 1. The molecule has 0 aliphatic carbocycles. The molecular weight excluding hydrogens is 707 g/mol. The van der Waals surface area contributed by atoms with Crippen molar-refractivity contribution >= 4 is 55.9 Å². The van der Waals surface area contributed by atoms with Gasteiger partial charge in [0.25, 0.3) is 0 Å². The number of aryl methyl sites for hydroxylation is 1. The van der Waals surface area contributed by atoms with Gasteiger partial charge >= 0.3 is 0 Å². The van der Waals surface area contributed by atoms with Crippen molar-refractivity contribution in [1.82, 2.24) is 15.1 Å². The molecule has 1 unspecified atom stereocenters. The van der Waals surface area contributed by atoms with Gasteiger partial charge in [-0.15, -0.1) is 0 Å². The molecule has 2 aromatic carbocycles. The van der Waals surface area contributed by atoms with Crippen LogP contribution in [0.3, 0.4) is 0 Å². The number of amides is 3. The number of nitrogens with two attached hydrogens (primary N) is 1. The summed E-state index contributed by atoms with van der Waals surface area (Å²) in [6.45, 7) is 5.29. The minimum Gasteiger partial charge on any atom is -0.390 e. The van der Waals surface area contributed by atoms with E-state index in [1.807, 2.05) is 39.0 Å². The van der Waals surface area contributed by atoms with Crippen LogP contribution in [0.15, 0.2) is 42.5 Å². The first-order valence-electron chi connectivity index (χ1n) is 16.9. The normalized spacial score (nSPS) is 15.3. The number of rotatable bonds is 20. The van der Waals surface area contributed by atoms with E-state index in [9.17, 15) is 36.7 Å². The maximum absolute atomic E-state index is 14.4. The van der Waals surface area contributed by atoms with Gasteiger partial charge in [-0.3, -0.25) is 19.3 Å². The fourth-order valence-corrected chi connectivity index (χ4v) is 9.16. The summed E-state index contributed by atoms with van der Waals surface area (Å²) < 4.78 is 55.6. The average molecular weight is 755 g/mol. The Morgan fingerprint density at radius 1 is 1.06 bits per heavy atom. The number of sulfone groups is 1. The van der Waals surface area contributed by atoms with E-state index in [4.69, 9.17) is 18.0 Å². The van der Waals surface area contributed by atoms with Gasteiger partial charge in [0.05, 0.1) is 22.9 Å². The fourth-order valence-electron chi connectivity index (χ4n) is 5.89. The summed E-state index contributed by atoms with van der Waals surface area (Å²) >= 11 is 6.39. The van der Waals surface area contributed by atoms with Crippen LogP contribution >= 0.6 is 24.0 Å². The monoisotopic (exact) mass is 754 g/mol. The molecule has 0 spiro atoms. The molecular formula is C35H48F2N4O6S3. The highest BCUT2D eigenvalue weighted by molar-refractivity contribution is 8.23. The third-order valence-corrected chi connectivity index (χ3v) is 12.3. The van der Waals surface area contributed by atoms with Gasteiger partial charge in [-0.05, 0) is 54.5 Å². The minimum atomic E-state index is -3.90. The van der Waals surface area contributed by atoms with Crippen molar-refractivity contribution in [2.75, 3.05) is 24.6 Å². The molecule has 0 bridgehead atoms. The molecule has 3 amide bonds. The van der Waals surface area contributed by atoms with Gasteiger partial charge in [-0.25, -0.2) is 17.2 Å². The molecule has 276 valence electrons. The highest BCUT2D eigenvalue weighted by Gasteiger charge is 2.36. The van der Waals surface area contributed by atoms with Crippen LogP contribution in [0.4, 0.5) is 8.78 Å². The lowest BCUT2D eigenvalue weighted by atomic mass is 10.0. The Kier molecular flexibility index (Phi) is 16.2. The van der Waals surface area contributed by atoms with Crippen LogP contribution in [0.25, 0.3) is 0 Å². The van der Waals surface area contributed by atoms with Crippen molar-refractivity contribution in [2.45, 2.75) is 95.7 Å². The van der Waals surface area contributed by atoms with Crippen LogP contribution in [0, 0.1) is 11.6 Å². The summed E-state index contributed by atoms with van der Waals surface area (Å²) in [5.74, 6) is -3.73. The largest absolute Gasteiger partial charge is 0.390 e. The first-order valence-corrected chi connectivity index (χ1v) is 20.0. The zero-order valence-electron chi connectivity index (χ0n) is 28.8. The van der Waals surface area contributed by atoms with E-state index >= 15 is 0 Å². The number of aliphatic hydroxyl groups excluding tert-OH is 1. The smallest absolute Gasteiger partial charge is 0.246 e. The van der Waals surface area contributed by atoms with Gasteiger partial charge in [0, 0.05) is 38.2 Å². The Bertz CT molecular complexity index is 1570. The second-order valence-corrected chi connectivity index (χ2v) is 16.5. The molecule has 2 aromatic rings. The summed E-state index contributed by atoms with van der Waals surface area (Å²) in [5.41, 5.74) is 8.18. The first-order chi connectivity index (χ1) is 23.7. The maximum Gasteiger partial charge on any atom is 0.246 e. The van der Waals surface area contributed by atoms with Crippen molar-refractivity contribution < 1.29 is 36.7 Å². The molecule has 3 atom stereocenters. The Labute approximate surface area is 303 Å². The Morgan fingerprint density at radius 2 is 1.70 bits per heavy atom. The second-order valence-electron chi connectivity index (χ2n) is 12.6. The predicted octanol–water partition coefficient (Wildman–Crippen LogP) is 3.91. The number of carbonyl (C=O) groups is 3. The average Bonchev–Trinajstić information content (AvgIpc) is 3.38.